The fourth-order valence-electron chi connectivity index (χ4n) is 2.66. The third-order valence-corrected chi connectivity index (χ3v) is 4.83. The van der Waals surface area contributed by atoms with Gasteiger partial charge in [-0.15, -0.1) is 0 Å². The van der Waals surface area contributed by atoms with Crippen molar-refractivity contribution in [2.45, 2.75) is 39.0 Å². The smallest absolute Gasteiger partial charge is 0.148 e. The molecule has 0 heterocycles. The molecule has 0 saturated carbocycles. The molecule has 0 saturated heterocycles. The van der Waals surface area contributed by atoms with Gasteiger partial charge in [-0.1, -0.05) is 55.6 Å². The van der Waals surface area contributed by atoms with Crippen LogP contribution in [0.1, 0.15) is 49.3 Å². The van der Waals surface area contributed by atoms with Crippen molar-refractivity contribution in [3.05, 3.63) is 67.7 Å². The maximum absolute atomic E-state index is 14.2. The summed E-state index contributed by atoms with van der Waals surface area (Å²) in [6.07, 6.45) is 0.368. The summed E-state index contributed by atoms with van der Waals surface area (Å²) in [6.45, 7) is 5.77. The molecular weight excluding hydrogens is 361 g/mol. The van der Waals surface area contributed by atoms with Crippen LogP contribution in [-0.2, 0) is 6.42 Å². The van der Waals surface area contributed by atoms with Gasteiger partial charge in [-0.2, -0.15) is 0 Å². The van der Waals surface area contributed by atoms with E-state index >= 15 is 0 Å². The van der Waals surface area contributed by atoms with E-state index in [1.165, 1.54) is 12.1 Å². The summed E-state index contributed by atoms with van der Waals surface area (Å²) in [6, 6.07) is 5.96. The lowest BCUT2D eigenvalue weighted by molar-refractivity contribution is 0.531. The average Bonchev–Trinajstić information content (AvgIpc) is 2.46. The van der Waals surface area contributed by atoms with Crippen molar-refractivity contribution in [2.75, 3.05) is 0 Å². The molecule has 2 aromatic rings. The number of halogens is 5. The molecule has 0 fully saturated rings. The molecule has 0 nitrogen and oxygen atoms in total. The summed E-state index contributed by atoms with van der Waals surface area (Å²) in [4.78, 5) is 0. The summed E-state index contributed by atoms with van der Waals surface area (Å²) < 4.78 is 28.2. The van der Waals surface area contributed by atoms with E-state index in [1.54, 1.807) is 13.0 Å². The minimum absolute atomic E-state index is 0.0281. The van der Waals surface area contributed by atoms with Gasteiger partial charge in [0.15, 0.2) is 0 Å². The average molecular weight is 378 g/mol. The quantitative estimate of drug-likeness (QED) is 0.487. The largest absolute Gasteiger partial charge is 0.207 e. The van der Waals surface area contributed by atoms with Crippen molar-refractivity contribution >= 4 is 34.8 Å². The molecule has 5 heteroatoms. The van der Waals surface area contributed by atoms with Gasteiger partial charge < -0.3 is 0 Å². The maximum atomic E-state index is 14.2. The number of benzene rings is 2. The summed E-state index contributed by atoms with van der Waals surface area (Å²) in [5.74, 6) is -1.55. The minimum atomic E-state index is -0.721. The van der Waals surface area contributed by atoms with Crippen molar-refractivity contribution in [3.8, 4) is 0 Å². The highest BCUT2D eigenvalue weighted by Gasteiger charge is 2.21. The topological polar surface area (TPSA) is 0 Å². The first-order valence-corrected chi connectivity index (χ1v) is 8.47. The monoisotopic (exact) mass is 376 g/mol. The molecule has 2 aromatic carbocycles. The van der Waals surface area contributed by atoms with Gasteiger partial charge in [0.2, 0.25) is 0 Å². The van der Waals surface area contributed by atoms with Crippen LogP contribution in [0.2, 0.25) is 15.1 Å². The summed E-state index contributed by atoms with van der Waals surface area (Å²) in [5, 5.41) is 1.07. The van der Waals surface area contributed by atoms with Gasteiger partial charge in [-0.05, 0) is 53.6 Å². The fourth-order valence-corrected chi connectivity index (χ4v) is 3.48. The van der Waals surface area contributed by atoms with Crippen LogP contribution in [0.4, 0.5) is 8.78 Å². The van der Waals surface area contributed by atoms with Crippen molar-refractivity contribution in [1.82, 2.24) is 0 Å². The van der Waals surface area contributed by atoms with E-state index in [0.717, 1.165) is 11.1 Å². The zero-order valence-corrected chi connectivity index (χ0v) is 15.3. The Labute approximate surface area is 150 Å². The van der Waals surface area contributed by atoms with Gasteiger partial charge in [0.25, 0.3) is 0 Å². The van der Waals surface area contributed by atoms with Crippen LogP contribution in [0.5, 0.6) is 0 Å². The molecule has 0 radical (unpaired) electrons. The van der Waals surface area contributed by atoms with Crippen LogP contribution < -0.4 is 0 Å². The van der Waals surface area contributed by atoms with Gasteiger partial charge in [0.05, 0.1) is 5.02 Å². The van der Waals surface area contributed by atoms with Crippen LogP contribution in [-0.4, -0.2) is 0 Å². The maximum Gasteiger partial charge on any atom is 0.148 e. The molecule has 0 N–H and O–H groups in total. The Kier molecular flexibility index (Phi) is 5.94. The van der Waals surface area contributed by atoms with E-state index < -0.39 is 17.6 Å². The fraction of sp³-hybridized carbons (Fsp3) is 0.333. The third kappa shape index (κ3) is 3.99. The molecule has 2 rings (SSSR count). The minimum Gasteiger partial charge on any atom is -0.207 e. The molecule has 0 aliphatic carbocycles. The zero-order valence-electron chi connectivity index (χ0n) is 13.1. The van der Waals surface area contributed by atoms with E-state index in [1.807, 2.05) is 19.9 Å². The van der Waals surface area contributed by atoms with Gasteiger partial charge in [0, 0.05) is 15.6 Å². The molecule has 0 bridgehead atoms. The van der Waals surface area contributed by atoms with Gasteiger partial charge in [-0.3, -0.25) is 0 Å². The molecule has 0 spiro atoms. The molecule has 124 valence electrons. The molecule has 0 aliphatic rings. The SMILES string of the molecule is CC(C)c1cc(Cl)cc(CC(C)c2c(F)ccc(Cl)c2F)c1Cl. The van der Waals surface area contributed by atoms with Gasteiger partial charge in [-0.25, -0.2) is 8.78 Å². The number of hydrogen-bond donors (Lipinski definition) is 0. The molecule has 1 unspecified atom stereocenters. The van der Waals surface area contributed by atoms with Crippen LogP contribution in [0.25, 0.3) is 0 Å². The Hall–Kier alpha value is -0.830. The molecule has 0 amide bonds. The zero-order chi connectivity index (χ0) is 17.3. The van der Waals surface area contributed by atoms with Crippen LogP contribution in [0, 0.1) is 11.6 Å². The van der Waals surface area contributed by atoms with E-state index in [4.69, 9.17) is 34.8 Å². The highest BCUT2D eigenvalue weighted by molar-refractivity contribution is 6.34. The second-order valence-corrected chi connectivity index (χ2v) is 7.21. The summed E-state index contributed by atoms with van der Waals surface area (Å²) in [5.41, 5.74) is 1.67. The molecular formula is C18H17Cl3F2. The Morgan fingerprint density at radius 1 is 1.00 bits per heavy atom. The van der Waals surface area contributed by atoms with Crippen molar-refractivity contribution in [1.29, 1.82) is 0 Å². The lowest BCUT2D eigenvalue weighted by atomic mass is 9.90. The standard InChI is InChI=1S/C18H17Cl3F2/c1-9(2)13-8-12(19)7-11(17(13)21)6-10(3)16-15(22)5-4-14(20)18(16)23/h4-5,7-10H,6H2,1-3H3. The van der Waals surface area contributed by atoms with Crippen LogP contribution in [0.15, 0.2) is 24.3 Å². The Morgan fingerprint density at radius 2 is 1.65 bits per heavy atom. The number of hydrogen-bond acceptors (Lipinski definition) is 0. The predicted molar refractivity (Wildman–Crippen MR) is 94.0 cm³/mol. The van der Waals surface area contributed by atoms with Crippen LogP contribution in [0.3, 0.4) is 0 Å². The summed E-state index contributed by atoms with van der Waals surface area (Å²) in [7, 11) is 0. The van der Waals surface area contributed by atoms with E-state index in [9.17, 15) is 8.78 Å². The highest BCUT2D eigenvalue weighted by atomic mass is 35.5. The Morgan fingerprint density at radius 3 is 2.26 bits per heavy atom. The normalized spacial score (nSPS) is 12.7. The first-order chi connectivity index (χ1) is 10.7. The van der Waals surface area contributed by atoms with E-state index in [0.29, 0.717) is 16.5 Å². The van der Waals surface area contributed by atoms with Gasteiger partial charge >= 0.3 is 0 Å². The molecule has 1 atom stereocenters. The summed E-state index contributed by atoms with van der Waals surface area (Å²) >= 11 is 18.4. The lowest BCUT2D eigenvalue weighted by Crippen LogP contribution is -2.06. The third-order valence-electron chi connectivity index (χ3n) is 3.86. The Balaban J connectivity index is 2.42. The second-order valence-electron chi connectivity index (χ2n) is 5.98. The van der Waals surface area contributed by atoms with Crippen molar-refractivity contribution in [2.24, 2.45) is 0 Å². The molecule has 0 aliphatic heterocycles. The van der Waals surface area contributed by atoms with E-state index in [2.05, 4.69) is 0 Å². The Bertz CT molecular complexity index is 727. The number of rotatable bonds is 4. The predicted octanol–water partition coefficient (Wildman–Crippen LogP) is 7.39. The highest BCUT2D eigenvalue weighted by Crippen LogP contribution is 2.35. The second kappa shape index (κ2) is 7.38. The first kappa shape index (κ1) is 18.5. The van der Waals surface area contributed by atoms with E-state index in [-0.39, 0.29) is 16.5 Å². The van der Waals surface area contributed by atoms with Crippen molar-refractivity contribution in [3.63, 3.8) is 0 Å². The molecule has 0 aromatic heterocycles. The first-order valence-electron chi connectivity index (χ1n) is 7.33. The van der Waals surface area contributed by atoms with Crippen molar-refractivity contribution < 1.29 is 8.78 Å². The molecule has 23 heavy (non-hydrogen) atoms. The van der Waals surface area contributed by atoms with Gasteiger partial charge in [0.1, 0.15) is 11.6 Å². The lowest BCUT2D eigenvalue weighted by Gasteiger charge is -2.18. The van der Waals surface area contributed by atoms with Crippen LogP contribution >= 0.6 is 34.8 Å².